The largest absolute Gasteiger partial charge is 0.317 e. The maximum atomic E-state index is 12.0. The smallest absolute Gasteiger partial charge is 0.281 e. The fourth-order valence-electron chi connectivity index (χ4n) is 1.74. The van der Waals surface area contributed by atoms with Gasteiger partial charge in [0.15, 0.2) is 0 Å². The predicted octanol–water partition coefficient (Wildman–Crippen LogP) is 0.288. The van der Waals surface area contributed by atoms with Crippen LogP contribution >= 0.6 is 12.4 Å². The molecule has 1 heterocycles. The highest BCUT2D eigenvalue weighted by Gasteiger charge is 2.29. The summed E-state index contributed by atoms with van der Waals surface area (Å²) in [6.45, 7) is 4.16. The first kappa shape index (κ1) is 16.1. The fraction of sp³-hybridized carbons (Fsp3) is 1.00. The van der Waals surface area contributed by atoms with E-state index >= 15 is 0 Å². The SMILES string of the molecule is CCN(C)S(=O)(=O)N(C)C1CCNCC1.Cl. The number of rotatable bonds is 4. The molecule has 1 aliphatic rings. The molecular formula is C9H22ClN3O2S. The normalized spacial score (nSPS) is 18.8. The molecule has 0 radical (unpaired) electrons. The van der Waals surface area contributed by atoms with Crippen molar-refractivity contribution in [3.05, 3.63) is 0 Å². The van der Waals surface area contributed by atoms with Gasteiger partial charge in [-0.25, -0.2) is 0 Å². The Morgan fingerprint density at radius 2 is 1.75 bits per heavy atom. The highest BCUT2D eigenvalue weighted by molar-refractivity contribution is 7.86. The molecule has 0 saturated carbocycles. The lowest BCUT2D eigenvalue weighted by Crippen LogP contribution is -2.48. The van der Waals surface area contributed by atoms with Crippen molar-refractivity contribution in [2.75, 3.05) is 33.7 Å². The van der Waals surface area contributed by atoms with E-state index in [1.165, 1.54) is 8.61 Å². The van der Waals surface area contributed by atoms with Gasteiger partial charge in [0.2, 0.25) is 0 Å². The van der Waals surface area contributed by atoms with Crippen LogP contribution in [0.5, 0.6) is 0 Å². The fourth-order valence-corrected chi connectivity index (χ4v) is 3.10. The number of hydrogen-bond donors (Lipinski definition) is 1. The van der Waals surface area contributed by atoms with Gasteiger partial charge in [0.05, 0.1) is 0 Å². The Morgan fingerprint density at radius 3 is 2.19 bits per heavy atom. The molecule has 7 heteroatoms. The number of nitrogens with zero attached hydrogens (tertiary/aromatic N) is 2. The minimum Gasteiger partial charge on any atom is -0.317 e. The minimum absolute atomic E-state index is 0. The second-order valence-corrected chi connectivity index (χ2v) is 6.01. The lowest BCUT2D eigenvalue weighted by atomic mass is 10.1. The summed E-state index contributed by atoms with van der Waals surface area (Å²) in [6, 6.07) is 0.144. The second-order valence-electron chi connectivity index (χ2n) is 3.92. The molecule has 0 unspecified atom stereocenters. The standard InChI is InChI=1S/C9H21N3O2S.ClH/c1-4-11(2)15(13,14)12(3)9-5-7-10-8-6-9;/h9-10H,4-8H2,1-3H3;1H. The zero-order chi connectivity index (χ0) is 11.5. The minimum atomic E-state index is -3.25. The maximum Gasteiger partial charge on any atom is 0.281 e. The molecule has 1 N–H and O–H groups in total. The third kappa shape index (κ3) is 3.56. The lowest BCUT2D eigenvalue weighted by Gasteiger charge is -2.33. The highest BCUT2D eigenvalue weighted by atomic mass is 35.5. The molecule has 0 amide bonds. The molecule has 16 heavy (non-hydrogen) atoms. The summed E-state index contributed by atoms with van der Waals surface area (Å²) in [5.41, 5.74) is 0. The van der Waals surface area contributed by atoms with Crippen molar-refractivity contribution in [3.63, 3.8) is 0 Å². The van der Waals surface area contributed by atoms with Crippen LogP contribution in [0.3, 0.4) is 0 Å². The van der Waals surface area contributed by atoms with Gasteiger partial charge < -0.3 is 5.32 Å². The van der Waals surface area contributed by atoms with Gasteiger partial charge >= 0.3 is 0 Å². The summed E-state index contributed by atoms with van der Waals surface area (Å²) in [6.07, 6.45) is 1.79. The van der Waals surface area contributed by atoms with Gasteiger partial charge in [-0.1, -0.05) is 6.92 Å². The van der Waals surface area contributed by atoms with Gasteiger partial charge in [-0.15, -0.1) is 12.4 Å². The first-order valence-corrected chi connectivity index (χ1v) is 6.80. The van der Waals surface area contributed by atoms with Crippen LogP contribution in [0.1, 0.15) is 19.8 Å². The van der Waals surface area contributed by atoms with Crippen LogP contribution in [0.25, 0.3) is 0 Å². The summed E-state index contributed by atoms with van der Waals surface area (Å²) in [7, 11) is 0.0462. The lowest BCUT2D eigenvalue weighted by molar-refractivity contribution is 0.279. The zero-order valence-electron chi connectivity index (χ0n) is 10.1. The van der Waals surface area contributed by atoms with Gasteiger partial charge in [-0.05, 0) is 25.9 Å². The van der Waals surface area contributed by atoms with Crippen molar-refractivity contribution in [1.29, 1.82) is 0 Å². The Bertz CT molecular complexity index is 291. The molecule has 0 aromatic heterocycles. The molecule has 0 bridgehead atoms. The van der Waals surface area contributed by atoms with E-state index in [0.717, 1.165) is 25.9 Å². The molecule has 1 aliphatic heterocycles. The summed E-state index contributed by atoms with van der Waals surface area (Å²) in [5, 5.41) is 3.23. The van der Waals surface area contributed by atoms with E-state index in [9.17, 15) is 8.42 Å². The Morgan fingerprint density at radius 1 is 1.25 bits per heavy atom. The van der Waals surface area contributed by atoms with Crippen LogP contribution < -0.4 is 5.32 Å². The van der Waals surface area contributed by atoms with Gasteiger partial charge in [0.25, 0.3) is 10.2 Å². The number of hydrogen-bond acceptors (Lipinski definition) is 3. The van der Waals surface area contributed by atoms with Crippen LogP contribution in [0.2, 0.25) is 0 Å². The zero-order valence-corrected chi connectivity index (χ0v) is 11.8. The van der Waals surface area contributed by atoms with Crippen LogP contribution in [0, 0.1) is 0 Å². The van der Waals surface area contributed by atoms with Gasteiger partial charge in [0.1, 0.15) is 0 Å². The number of piperidine rings is 1. The average Bonchev–Trinajstić information content (AvgIpc) is 2.28. The number of halogens is 1. The molecule has 0 aromatic carbocycles. The van der Waals surface area contributed by atoms with Gasteiger partial charge in [-0.2, -0.15) is 17.0 Å². The summed E-state index contributed by atoms with van der Waals surface area (Å²) in [4.78, 5) is 0. The van der Waals surface area contributed by atoms with Crippen molar-refractivity contribution in [2.24, 2.45) is 0 Å². The molecular weight excluding hydrogens is 250 g/mol. The monoisotopic (exact) mass is 271 g/mol. The molecule has 98 valence electrons. The van der Waals surface area contributed by atoms with Gasteiger partial charge in [0, 0.05) is 26.7 Å². The molecule has 0 atom stereocenters. The average molecular weight is 272 g/mol. The molecule has 1 saturated heterocycles. The summed E-state index contributed by atoms with van der Waals surface area (Å²) in [5.74, 6) is 0. The van der Waals surface area contributed by atoms with Crippen molar-refractivity contribution >= 4 is 22.6 Å². The Hall–Kier alpha value is 0.120. The van der Waals surface area contributed by atoms with Gasteiger partial charge in [-0.3, -0.25) is 0 Å². The van der Waals surface area contributed by atoms with E-state index in [2.05, 4.69) is 5.32 Å². The predicted molar refractivity (Wildman–Crippen MR) is 68.1 cm³/mol. The quantitative estimate of drug-likeness (QED) is 0.800. The molecule has 0 spiro atoms. The van der Waals surface area contributed by atoms with E-state index in [1.54, 1.807) is 14.1 Å². The highest BCUT2D eigenvalue weighted by Crippen LogP contribution is 2.15. The molecule has 0 aliphatic carbocycles. The second kappa shape index (κ2) is 6.76. The molecule has 5 nitrogen and oxygen atoms in total. The van der Waals surface area contributed by atoms with E-state index < -0.39 is 10.2 Å². The number of nitrogens with one attached hydrogen (secondary N) is 1. The third-order valence-electron chi connectivity index (χ3n) is 3.03. The van der Waals surface area contributed by atoms with E-state index in [0.29, 0.717) is 6.54 Å². The Balaban J connectivity index is 0.00000225. The topological polar surface area (TPSA) is 52.7 Å². The summed E-state index contributed by atoms with van der Waals surface area (Å²) >= 11 is 0. The molecule has 1 fully saturated rings. The first-order valence-electron chi connectivity index (χ1n) is 5.40. The van der Waals surface area contributed by atoms with Crippen LogP contribution in [-0.4, -0.2) is 56.8 Å². The molecule has 0 aromatic rings. The van der Waals surface area contributed by atoms with E-state index in [4.69, 9.17) is 0 Å². The van der Waals surface area contributed by atoms with Crippen LogP contribution in [-0.2, 0) is 10.2 Å². The van der Waals surface area contributed by atoms with Crippen LogP contribution in [0.15, 0.2) is 0 Å². The van der Waals surface area contributed by atoms with E-state index in [1.807, 2.05) is 6.92 Å². The first-order chi connectivity index (χ1) is 7.00. The van der Waals surface area contributed by atoms with E-state index in [-0.39, 0.29) is 18.4 Å². The van der Waals surface area contributed by atoms with Crippen LogP contribution in [0.4, 0.5) is 0 Å². The Kier molecular flexibility index (Phi) is 6.81. The Labute approximate surface area is 105 Å². The molecule has 1 rings (SSSR count). The van der Waals surface area contributed by atoms with Crippen molar-refractivity contribution in [2.45, 2.75) is 25.8 Å². The third-order valence-corrected chi connectivity index (χ3v) is 5.10. The van der Waals surface area contributed by atoms with Crippen molar-refractivity contribution in [1.82, 2.24) is 13.9 Å². The summed E-state index contributed by atoms with van der Waals surface area (Å²) < 4.78 is 26.9. The van der Waals surface area contributed by atoms with Crippen molar-refractivity contribution in [3.8, 4) is 0 Å². The van der Waals surface area contributed by atoms with Crippen molar-refractivity contribution < 1.29 is 8.42 Å². The maximum absolute atomic E-state index is 12.0.